The minimum absolute atomic E-state index is 0.135. The van der Waals surface area contributed by atoms with Gasteiger partial charge in [0.1, 0.15) is 5.69 Å². The fourth-order valence-electron chi connectivity index (χ4n) is 3.57. The summed E-state index contributed by atoms with van der Waals surface area (Å²) in [6.45, 7) is 11.0. The van der Waals surface area contributed by atoms with Crippen molar-refractivity contribution in [1.29, 1.82) is 0 Å². The van der Waals surface area contributed by atoms with E-state index in [4.69, 9.17) is 4.74 Å². The predicted molar refractivity (Wildman–Crippen MR) is 98.0 cm³/mol. The fraction of sp³-hybridized carbons (Fsp3) is 0.684. The van der Waals surface area contributed by atoms with Crippen molar-refractivity contribution in [3.63, 3.8) is 0 Å². The summed E-state index contributed by atoms with van der Waals surface area (Å²) in [5.74, 6) is -0.0403. The van der Waals surface area contributed by atoms with E-state index in [1.807, 2.05) is 6.92 Å². The van der Waals surface area contributed by atoms with Crippen LogP contribution < -0.4 is 5.32 Å². The molecule has 6 heteroatoms. The molecule has 140 valence electrons. The average molecular weight is 349 g/mol. The predicted octanol–water partition coefficient (Wildman–Crippen LogP) is 2.52. The van der Waals surface area contributed by atoms with Crippen LogP contribution in [0, 0.1) is 12.8 Å². The number of aryl methyl sites for hydroxylation is 1. The second kappa shape index (κ2) is 8.52. The van der Waals surface area contributed by atoms with Gasteiger partial charge in [-0.25, -0.2) is 4.79 Å². The summed E-state index contributed by atoms with van der Waals surface area (Å²) in [5.41, 5.74) is 2.45. The number of esters is 1. The first-order valence-electron chi connectivity index (χ1n) is 9.20. The van der Waals surface area contributed by atoms with Crippen LogP contribution in [-0.2, 0) is 11.2 Å². The van der Waals surface area contributed by atoms with Crippen molar-refractivity contribution >= 4 is 11.9 Å². The number of rotatable bonds is 7. The molecule has 1 amide bonds. The molecule has 1 fully saturated rings. The smallest absolute Gasteiger partial charge is 0.339 e. The van der Waals surface area contributed by atoms with Crippen LogP contribution in [0.4, 0.5) is 0 Å². The summed E-state index contributed by atoms with van der Waals surface area (Å²) in [6.07, 6.45) is 2.63. The second-order valence-corrected chi connectivity index (χ2v) is 7.17. The third kappa shape index (κ3) is 4.42. The first-order chi connectivity index (χ1) is 11.9. The minimum atomic E-state index is -0.389. The Balaban J connectivity index is 2.07. The second-order valence-electron chi connectivity index (χ2n) is 7.17. The van der Waals surface area contributed by atoms with Gasteiger partial charge in [0.15, 0.2) is 0 Å². The molecule has 1 aliphatic heterocycles. The average Bonchev–Trinajstić information content (AvgIpc) is 3.17. The maximum absolute atomic E-state index is 12.7. The van der Waals surface area contributed by atoms with Crippen molar-refractivity contribution in [2.45, 2.75) is 53.0 Å². The monoisotopic (exact) mass is 349 g/mol. The van der Waals surface area contributed by atoms with Crippen molar-refractivity contribution in [2.75, 3.05) is 26.7 Å². The molecule has 2 rings (SSSR count). The number of nitrogens with one attached hydrogen (secondary N) is 2. The van der Waals surface area contributed by atoms with Gasteiger partial charge >= 0.3 is 5.97 Å². The van der Waals surface area contributed by atoms with Crippen LogP contribution in [0.15, 0.2) is 0 Å². The third-order valence-corrected chi connectivity index (χ3v) is 5.01. The first kappa shape index (κ1) is 19.5. The van der Waals surface area contributed by atoms with Crippen molar-refractivity contribution in [3.05, 3.63) is 22.5 Å². The van der Waals surface area contributed by atoms with Gasteiger partial charge in [0.05, 0.1) is 12.7 Å². The number of carbonyl (C=O) groups excluding carboxylic acids is 2. The van der Waals surface area contributed by atoms with Gasteiger partial charge in [-0.2, -0.15) is 0 Å². The van der Waals surface area contributed by atoms with E-state index in [9.17, 15) is 9.59 Å². The van der Waals surface area contributed by atoms with Crippen LogP contribution in [0.25, 0.3) is 0 Å². The maximum Gasteiger partial charge on any atom is 0.339 e. The van der Waals surface area contributed by atoms with Crippen molar-refractivity contribution in [1.82, 2.24) is 15.2 Å². The molecule has 0 saturated carbocycles. The highest BCUT2D eigenvalue weighted by Gasteiger charge is 2.27. The number of amides is 1. The highest BCUT2D eigenvalue weighted by molar-refractivity contribution is 6.00. The van der Waals surface area contributed by atoms with Crippen molar-refractivity contribution < 1.29 is 14.3 Å². The molecule has 0 aliphatic carbocycles. The Labute approximate surface area is 150 Å². The number of carbonyl (C=O) groups is 2. The number of nitrogens with zero attached hydrogens (tertiary/aromatic N) is 1. The van der Waals surface area contributed by atoms with Gasteiger partial charge in [0, 0.05) is 24.8 Å². The molecule has 0 radical (unpaired) electrons. The molecule has 1 saturated heterocycles. The summed E-state index contributed by atoms with van der Waals surface area (Å²) in [4.78, 5) is 30.3. The topological polar surface area (TPSA) is 74.4 Å². The SMILES string of the molecule is CCCc1c(C(=O)NC[C@@H]2CCN(C(C)C)C2)[nH]c(C)c1C(=O)OC. The quantitative estimate of drug-likeness (QED) is 0.742. The molecule has 0 unspecified atom stereocenters. The zero-order chi connectivity index (χ0) is 18.6. The Bertz CT molecular complexity index is 622. The number of likely N-dealkylation sites (tertiary alicyclic amines) is 1. The number of hydrogen-bond donors (Lipinski definition) is 2. The van der Waals surface area contributed by atoms with Gasteiger partial charge in [-0.1, -0.05) is 13.3 Å². The molecule has 1 atom stereocenters. The number of hydrogen-bond acceptors (Lipinski definition) is 4. The first-order valence-corrected chi connectivity index (χ1v) is 9.20. The third-order valence-electron chi connectivity index (χ3n) is 5.01. The van der Waals surface area contributed by atoms with Gasteiger partial charge in [-0.3, -0.25) is 4.79 Å². The molecule has 2 N–H and O–H groups in total. The molecule has 1 aromatic rings. The van der Waals surface area contributed by atoms with Gasteiger partial charge in [0.25, 0.3) is 5.91 Å². The maximum atomic E-state index is 12.7. The molecule has 2 heterocycles. The minimum Gasteiger partial charge on any atom is -0.465 e. The van der Waals surface area contributed by atoms with Gasteiger partial charge < -0.3 is 19.9 Å². The Morgan fingerprint density at radius 1 is 1.40 bits per heavy atom. The molecular formula is C19H31N3O3. The highest BCUT2D eigenvalue weighted by Crippen LogP contribution is 2.22. The largest absolute Gasteiger partial charge is 0.465 e. The zero-order valence-corrected chi connectivity index (χ0v) is 16.1. The Kier molecular flexibility index (Phi) is 6.64. The van der Waals surface area contributed by atoms with Crippen LogP contribution in [0.2, 0.25) is 0 Å². The number of H-pyrrole nitrogens is 1. The summed E-state index contributed by atoms with van der Waals surface area (Å²) < 4.78 is 4.88. The molecular weight excluding hydrogens is 318 g/mol. The van der Waals surface area contributed by atoms with Gasteiger partial charge in [-0.05, 0) is 51.6 Å². The summed E-state index contributed by atoms with van der Waals surface area (Å²) in [5, 5.41) is 3.05. The summed E-state index contributed by atoms with van der Waals surface area (Å²) >= 11 is 0. The molecule has 0 aromatic carbocycles. The lowest BCUT2D eigenvalue weighted by Gasteiger charge is -2.20. The lowest BCUT2D eigenvalue weighted by Crippen LogP contribution is -2.33. The van der Waals surface area contributed by atoms with E-state index in [1.54, 1.807) is 6.92 Å². The molecule has 0 spiro atoms. The van der Waals surface area contributed by atoms with E-state index in [0.717, 1.165) is 31.5 Å². The van der Waals surface area contributed by atoms with E-state index < -0.39 is 0 Å². The molecule has 25 heavy (non-hydrogen) atoms. The lowest BCUT2D eigenvalue weighted by atomic mass is 10.0. The molecule has 6 nitrogen and oxygen atoms in total. The van der Waals surface area contributed by atoms with E-state index in [0.29, 0.717) is 41.9 Å². The lowest BCUT2D eigenvalue weighted by molar-refractivity contribution is 0.0599. The van der Waals surface area contributed by atoms with E-state index in [2.05, 4.69) is 29.0 Å². The number of methoxy groups -OCH3 is 1. The Morgan fingerprint density at radius 3 is 2.68 bits per heavy atom. The Hall–Kier alpha value is -1.82. The van der Waals surface area contributed by atoms with Crippen molar-refractivity contribution in [3.8, 4) is 0 Å². The van der Waals surface area contributed by atoms with E-state index >= 15 is 0 Å². The van der Waals surface area contributed by atoms with Gasteiger partial charge in [0.2, 0.25) is 0 Å². The molecule has 1 aliphatic rings. The standard InChI is InChI=1S/C19H31N3O3/c1-6-7-15-16(19(24)25-5)13(4)21-17(15)18(23)20-10-14-8-9-22(11-14)12(2)3/h12,14,21H,6-11H2,1-5H3,(H,20,23)/t14-/m0/s1. The summed E-state index contributed by atoms with van der Waals surface area (Å²) in [6, 6.07) is 0.547. The number of aromatic amines is 1. The zero-order valence-electron chi connectivity index (χ0n) is 16.1. The van der Waals surface area contributed by atoms with E-state index in [1.165, 1.54) is 7.11 Å². The van der Waals surface area contributed by atoms with Crippen LogP contribution in [-0.4, -0.2) is 54.5 Å². The van der Waals surface area contributed by atoms with Crippen molar-refractivity contribution in [2.24, 2.45) is 5.92 Å². The summed E-state index contributed by atoms with van der Waals surface area (Å²) in [7, 11) is 1.37. The van der Waals surface area contributed by atoms with E-state index in [-0.39, 0.29) is 11.9 Å². The van der Waals surface area contributed by atoms with Gasteiger partial charge in [-0.15, -0.1) is 0 Å². The van der Waals surface area contributed by atoms with Crippen LogP contribution >= 0.6 is 0 Å². The molecule has 0 bridgehead atoms. The number of aromatic nitrogens is 1. The van der Waals surface area contributed by atoms with Crippen LogP contribution in [0.5, 0.6) is 0 Å². The highest BCUT2D eigenvalue weighted by atomic mass is 16.5. The molecule has 1 aromatic heterocycles. The Morgan fingerprint density at radius 2 is 2.12 bits per heavy atom. The number of ether oxygens (including phenoxy) is 1. The fourth-order valence-corrected chi connectivity index (χ4v) is 3.57. The van der Waals surface area contributed by atoms with Crippen LogP contribution in [0.3, 0.4) is 0 Å². The normalized spacial score (nSPS) is 17.9. The van der Waals surface area contributed by atoms with Crippen LogP contribution in [0.1, 0.15) is 65.7 Å².